The number of hydrogen-bond donors (Lipinski definition) is 0. The van der Waals surface area contributed by atoms with Crippen molar-refractivity contribution >= 4 is 23.8 Å². The van der Waals surface area contributed by atoms with Gasteiger partial charge in [-0.2, -0.15) is 0 Å². The minimum absolute atomic E-state index is 0.0476. The molecular formula is C25H36N2O6. The molecule has 0 spiro atoms. The summed E-state index contributed by atoms with van der Waals surface area (Å²) in [4.78, 5) is 52.2. The first kappa shape index (κ1) is 25.0. The average molecular weight is 461 g/mol. The molecular weight excluding hydrogens is 424 g/mol. The molecule has 1 heterocycles. The minimum Gasteiger partial charge on any atom is -0.459 e. The van der Waals surface area contributed by atoms with Crippen molar-refractivity contribution < 1.29 is 28.7 Å². The van der Waals surface area contributed by atoms with Gasteiger partial charge in [-0.1, -0.05) is 12.8 Å². The smallest absolute Gasteiger partial charge is 0.331 e. The van der Waals surface area contributed by atoms with Crippen LogP contribution >= 0.6 is 0 Å². The molecule has 0 N–H and O–H groups in total. The summed E-state index contributed by atoms with van der Waals surface area (Å²) < 4.78 is 10.8. The fourth-order valence-electron chi connectivity index (χ4n) is 4.74. The number of carbonyl (C=O) groups is 4. The highest BCUT2D eigenvalue weighted by atomic mass is 16.5. The summed E-state index contributed by atoms with van der Waals surface area (Å²) in [6, 6.07) is -0.211. The second kappa shape index (κ2) is 12.6. The normalized spacial score (nSPS) is 23.1. The summed E-state index contributed by atoms with van der Waals surface area (Å²) in [7, 11) is 0. The van der Waals surface area contributed by atoms with Crippen molar-refractivity contribution in [3.05, 3.63) is 24.3 Å². The highest BCUT2D eigenvalue weighted by Gasteiger charge is 2.28. The molecule has 3 aliphatic rings. The van der Waals surface area contributed by atoms with Gasteiger partial charge in [0.05, 0.1) is 0 Å². The van der Waals surface area contributed by atoms with Crippen LogP contribution in [0.25, 0.3) is 0 Å². The van der Waals surface area contributed by atoms with E-state index in [9.17, 15) is 19.2 Å². The first-order chi connectivity index (χ1) is 15.9. The van der Waals surface area contributed by atoms with Gasteiger partial charge in [0, 0.05) is 50.0 Å². The molecule has 33 heavy (non-hydrogen) atoms. The average Bonchev–Trinajstić information content (AvgIpc) is 2.82. The van der Waals surface area contributed by atoms with Crippen molar-refractivity contribution in [2.45, 2.75) is 89.4 Å². The maximum atomic E-state index is 12.5. The van der Waals surface area contributed by atoms with Gasteiger partial charge in [0.1, 0.15) is 12.2 Å². The summed E-state index contributed by atoms with van der Waals surface area (Å²) >= 11 is 0. The first-order valence-electron chi connectivity index (χ1n) is 12.3. The molecule has 2 aliphatic carbocycles. The van der Waals surface area contributed by atoms with Crippen LogP contribution in [-0.4, -0.2) is 71.4 Å². The summed E-state index contributed by atoms with van der Waals surface area (Å²) in [5.41, 5.74) is 0. The summed E-state index contributed by atoms with van der Waals surface area (Å²) in [6.45, 7) is 2.92. The molecule has 1 atom stereocenters. The van der Waals surface area contributed by atoms with E-state index in [0.29, 0.717) is 19.6 Å². The van der Waals surface area contributed by atoms with E-state index in [4.69, 9.17) is 9.47 Å². The lowest BCUT2D eigenvalue weighted by Gasteiger charge is -2.39. The fourth-order valence-corrected chi connectivity index (χ4v) is 4.74. The second-order valence-corrected chi connectivity index (χ2v) is 9.23. The standard InChI is InChI=1S/C25H36N2O6/c1-19-18-26(22(28)12-14-24(30)32-20-8-4-2-5-9-20)16-17-27(19)23(29)13-15-25(31)33-21-10-6-3-7-11-21/h12-15,19-21H,2-11,16-18H2,1H3/b14-12-,15-13+/t19-/m1/s1. The molecule has 8 heteroatoms. The molecule has 3 fully saturated rings. The summed E-state index contributed by atoms with van der Waals surface area (Å²) in [5.74, 6) is -1.52. The van der Waals surface area contributed by atoms with Crippen molar-refractivity contribution in [3.63, 3.8) is 0 Å². The van der Waals surface area contributed by atoms with Crippen LogP contribution in [0.2, 0.25) is 0 Å². The molecule has 1 aliphatic heterocycles. The number of amides is 2. The molecule has 0 aromatic rings. The lowest BCUT2D eigenvalue weighted by Crippen LogP contribution is -2.54. The number of esters is 2. The van der Waals surface area contributed by atoms with Crippen LogP contribution in [0.4, 0.5) is 0 Å². The van der Waals surface area contributed by atoms with E-state index in [1.54, 1.807) is 9.80 Å². The van der Waals surface area contributed by atoms with E-state index in [1.807, 2.05) is 6.92 Å². The third kappa shape index (κ3) is 8.02. The van der Waals surface area contributed by atoms with Gasteiger partial charge in [-0.25, -0.2) is 9.59 Å². The Morgan fingerprint density at radius 3 is 1.64 bits per heavy atom. The molecule has 2 saturated carbocycles. The molecule has 3 rings (SSSR count). The highest BCUT2D eigenvalue weighted by Crippen LogP contribution is 2.21. The molecule has 8 nitrogen and oxygen atoms in total. The van der Waals surface area contributed by atoms with Crippen molar-refractivity contribution in [1.29, 1.82) is 0 Å². The Morgan fingerprint density at radius 2 is 1.15 bits per heavy atom. The first-order valence-corrected chi connectivity index (χ1v) is 12.3. The van der Waals surface area contributed by atoms with Crippen molar-refractivity contribution in [2.24, 2.45) is 0 Å². The lowest BCUT2D eigenvalue weighted by atomic mass is 9.98. The quantitative estimate of drug-likeness (QED) is 0.447. The van der Waals surface area contributed by atoms with Crippen LogP contribution < -0.4 is 0 Å². The molecule has 0 aromatic carbocycles. The number of hydrogen-bond acceptors (Lipinski definition) is 6. The third-order valence-electron chi connectivity index (χ3n) is 6.62. The van der Waals surface area contributed by atoms with Crippen LogP contribution in [0.3, 0.4) is 0 Å². The Kier molecular flexibility index (Phi) is 9.51. The van der Waals surface area contributed by atoms with Gasteiger partial charge in [0.25, 0.3) is 0 Å². The Hall–Kier alpha value is -2.64. The molecule has 182 valence electrons. The molecule has 0 unspecified atom stereocenters. The Labute approximate surface area is 195 Å². The molecule has 2 amide bonds. The van der Waals surface area contributed by atoms with E-state index in [2.05, 4.69) is 0 Å². The topological polar surface area (TPSA) is 93.2 Å². The largest absolute Gasteiger partial charge is 0.459 e. The van der Waals surface area contributed by atoms with Gasteiger partial charge in [0.15, 0.2) is 0 Å². The number of piperazine rings is 1. The van der Waals surface area contributed by atoms with E-state index >= 15 is 0 Å². The molecule has 0 radical (unpaired) electrons. The van der Waals surface area contributed by atoms with Crippen molar-refractivity contribution in [2.75, 3.05) is 19.6 Å². The molecule has 1 saturated heterocycles. The van der Waals surface area contributed by atoms with E-state index in [0.717, 1.165) is 51.4 Å². The van der Waals surface area contributed by atoms with Crippen LogP contribution in [-0.2, 0) is 28.7 Å². The van der Waals surface area contributed by atoms with Crippen molar-refractivity contribution in [3.8, 4) is 0 Å². The van der Waals surface area contributed by atoms with Gasteiger partial charge in [-0.3, -0.25) is 9.59 Å². The molecule has 0 aromatic heterocycles. The minimum atomic E-state index is -0.484. The summed E-state index contributed by atoms with van der Waals surface area (Å²) in [6.07, 6.45) is 14.9. The zero-order valence-corrected chi connectivity index (χ0v) is 19.6. The predicted molar refractivity (Wildman–Crippen MR) is 122 cm³/mol. The van der Waals surface area contributed by atoms with Gasteiger partial charge in [0.2, 0.25) is 11.8 Å². The number of ether oxygens (including phenoxy) is 2. The Balaban J connectivity index is 1.41. The van der Waals surface area contributed by atoms with Gasteiger partial charge < -0.3 is 19.3 Å². The van der Waals surface area contributed by atoms with Gasteiger partial charge >= 0.3 is 11.9 Å². The predicted octanol–water partition coefficient (Wildman–Crippen LogP) is 2.91. The maximum absolute atomic E-state index is 12.5. The summed E-state index contributed by atoms with van der Waals surface area (Å²) in [5, 5.41) is 0. The van der Waals surface area contributed by atoms with Gasteiger partial charge in [-0.15, -0.1) is 0 Å². The highest BCUT2D eigenvalue weighted by molar-refractivity contribution is 5.96. The Morgan fingerprint density at radius 1 is 0.667 bits per heavy atom. The number of nitrogens with zero attached hydrogens (tertiary/aromatic N) is 2. The fraction of sp³-hybridized carbons (Fsp3) is 0.680. The van der Waals surface area contributed by atoms with Crippen LogP contribution in [0.5, 0.6) is 0 Å². The number of rotatable bonds is 6. The zero-order chi connectivity index (χ0) is 23.6. The van der Waals surface area contributed by atoms with Crippen LogP contribution in [0.15, 0.2) is 24.3 Å². The van der Waals surface area contributed by atoms with Crippen molar-refractivity contribution in [1.82, 2.24) is 9.80 Å². The van der Waals surface area contributed by atoms with E-state index in [-0.39, 0.29) is 30.1 Å². The third-order valence-corrected chi connectivity index (χ3v) is 6.62. The SMILES string of the molecule is C[C@@H]1CN(C(=O)/C=C\C(=O)OC2CCCCC2)CCN1C(=O)/C=C/C(=O)OC1CCCCC1. The second-order valence-electron chi connectivity index (χ2n) is 9.23. The Bertz CT molecular complexity index is 765. The molecule has 0 bridgehead atoms. The monoisotopic (exact) mass is 460 g/mol. The zero-order valence-electron chi connectivity index (χ0n) is 19.6. The lowest BCUT2D eigenvalue weighted by molar-refractivity contribution is -0.145. The van der Waals surface area contributed by atoms with Gasteiger partial charge in [-0.05, 0) is 58.3 Å². The van der Waals surface area contributed by atoms with Crippen LogP contribution in [0.1, 0.15) is 71.1 Å². The maximum Gasteiger partial charge on any atom is 0.331 e. The van der Waals surface area contributed by atoms with E-state index in [1.165, 1.54) is 37.1 Å². The number of carbonyl (C=O) groups excluding carboxylic acids is 4. The van der Waals surface area contributed by atoms with E-state index < -0.39 is 11.9 Å². The van der Waals surface area contributed by atoms with Crippen LogP contribution in [0, 0.1) is 0 Å².